The van der Waals surface area contributed by atoms with Crippen molar-refractivity contribution in [1.29, 1.82) is 0 Å². The van der Waals surface area contributed by atoms with E-state index in [0.717, 1.165) is 6.20 Å². The Bertz CT molecular complexity index is 604. The largest absolute Gasteiger partial charge is 0.618 e. The number of hydrogen-bond donors (Lipinski definition) is 2. The van der Waals surface area contributed by atoms with E-state index in [-0.39, 0.29) is 4.73 Å². The van der Waals surface area contributed by atoms with Gasteiger partial charge in [0.15, 0.2) is 11.9 Å². The first-order chi connectivity index (χ1) is 8.49. The maximum Gasteiger partial charge on any atom is 0.406 e. The maximum absolute atomic E-state index is 11.5. The number of rotatable bonds is 2. The van der Waals surface area contributed by atoms with Gasteiger partial charge in [-0.3, -0.25) is 0 Å². The van der Waals surface area contributed by atoms with Crippen LogP contribution >= 0.6 is 11.6 Å². The molecule has 2 rings (SSSR count). The lowest BCUT2D eigenvalue weighted by Crippen LogP contribution is -2.34. The third-order valence-corrected chi connectivity index (χ3v) is 2.61. The number of halogens is 1. The molecule has 0 atom stereocenters. The summed E-state index contributed by atoms with van der Waals surface area (Å²) in [6.07, 6.45) is 1.08. The second-order valence-corrected chi connectivity index (χ2v) is 4.04. The molecule has 0 spiro atoms. The van der Waals surface area contributed by atoms with Crippen molar-refractivity contribution in [3.63, 3.8) is 0 Å². The van der Waals surface area contributed by atoms with E-state index in [4.69, 9.17) is 16.7 Å². The van der Waals surface area contributed by atoms with Crippen LogP contribution in [0.4, 0.5) is 0 Å². The molecule has 6 heteroatoms. The number of aromatic carboxylic acids is 1. The standard InChI is InChI=1S/C12H8ClNO4/c13-9-3-1-2-7(4-9)8-5-10(15)11(12(16)17)14(18)6-8/h1-6,15H,(H,16,17). The first kappa shape index (κ1) is 12.2. The second kappa shape index (κ2) is 4.54. The van der Waals surface area contributed by atoms with Crippen LogP contribution in [0.25, 0.3) is 11.1 Å². The van der Waals surface area contributed by atoms with Crippen LogP contribution in [-0.2, 0) is 0 Å². The molecule has 0 aliphatic rings. The fourth-order valence-electron chi connectivity index (χ4n) is 1.59. The van der Waals surface area contributed by atoms with Crippen LogP contribution in [0.5, 0.6) is 5.75 Å². The molecule has 2 aromatic rings. The van der Waals surface area contributed by atoms with Gasteiger partial charge >= 0.3 is 11.7 Å². The maximum atomic E-state index is 11.5. The van der Waals surface area contributed by atoms with Crippen molar-refractivity contribution in [2.75, 3.05) is 0 Å². The third kappa shape index (κ3) is 2.21. The molecule has 1 aromatic carbocycles. The van der Waals surface area contributed by atoms with Crippen molar-refractivity contribution in [1.82, 2.24) is 0 Å². The van der Waals surface area contributed by atoms with Crippen molar-refractivity contribution in [2.24, 2.45) is 0 Å². The zero-order valence-electron chi connectivity index (χ0n) is 9.00. The quantitative estimate of drug-likeness (QED) is 0.643. The molecule has 0 saturated carbocycles. The van der Waals surface area contributed by atoms with Gasteiger partial charge in [-0.2, -0.15) is 4.73 Å². The Morgan fingerprint density at radius 3 is 2.56 bits per heavy atom. The van der Waals surface area contributed by atoms with Gasteiger partial charge in [0.2, 0.25) is 0 Å². The molecular weight excluding hydrogens is 258 g/mol. The van der Waals surface area contributed by atoms with Crippen molar-refractivity contribution >= 4 is 17.6 Å². The van der Waals surface area contributed by atoms with Crippen molar-refractivity contribution in [3.05, 3.63) is 52.5 Å². The number of benzene rings is 1. The van der Waals surface area contributed by atoms with Gasteiger partial charge in [-0.25, -0.2) is 4.79 Å². The third-order valence-electron chi connectivity index (χ3n) is 2.37. The normalized spacial score (nSPS) is 10.3. The van der Waals surface area contributed by atoms with Gasteiger partial charge in [0.05, 0.1) is 5.56 Å². The fraction of sp³-hybridized carbons (Fsp3) is 0. The molecule has 0 amide bonds. The van der Waals surface area contributed by atoms with Gasteiger partial charge in [0.1, 0.15) is 0 Å². The Morgan fingerprint density at radius 2 is 2.00 bits per heavy atom. The van der Waals surface area contributed by atoms with Crippen LogP contribution in [0.2, 0.25) is 5.02 Å². The summed E-state index contributed by atoms with van der Waals surface area (Å²) in [6.45, 7) is 0. The molecule has 2 N–H and O–H groups in total. The highest BCUT2D eigenvalue weighted by Gasteiger charge is 2.22. The van der Waals surface area contributed by atoms with Crippen LogP contribution in [0.15, 0.2) is 36.5 Å². The molecule has 0 radical (unpaired) electrons. The first-order valence-electron chi connectivity index (χ1n) is 4.94. The summed E-state index contributed by atoms with van der Waals surface area (Å²) in [5.74, 6) is -2.07. The van der Waals surface area contributed by atoms with E-state index < -0.39 is 17.4 Å². The summed E-state index contributed by atoms with van der Waals surface area (Å²) in [6, 6.07) is 7.87. The van der Waals surface area contributed by atoms with Crippen LogP contribution in [0.1, 0.15) is 10.5 Å². The lowest BCUT2D eigenvalue weighted by molar-refractivity contribution is -0.608. The van der Waals surface area contributed by atoms with Gasteiger partial charge in [-0.05, 0) is 17.7 Å². The molecule has 0 unspecified atom stereocenters. The Balaban J connectivity index is 2.58. The minimum absolute atomic E-state index is 0.119. The minimum atomic E-state index is -1.49. The van der Waals surface area contributed by atoms with E-state index in [1.165, 1.54) is 6.07 Å². The number of carboxylic acid groups (broad SMARTS) is 1. The molecule has 5 nitrogen and oxygen atoms in total. The van der Waals surface area contributed by atoms with E-state index in [9.17, 15) is 15.1 Å². The lowest BCUT2D eigenvalue weighted by Gasteiger charge is -2.06. The van der Waals surface area contributed by atoms with E-state index in [1.807, 2.05) is 0 Å². The number of hydrogen-bond acceptors (Lipinski definition) is 3. The van der Waals surface area contributed by atoms with Crippen LogP contribution in [-0.4, -0.2) is 16.2 Å². The summed E-state index contributed by atoms with van der Waals surface area (Å²) < 4.78 is 0.119. The number of carbonyl (C=O) groups is 1. The molecule has 18 heavy (non-hydrogen) atoms. The van der Waals surface area contributed by atoms with Gasteiger partial charge in [-0.1, -0.05) is 23.7 Å². The van der Waals surface area contributed by atoms with Crippen LogP contribution < -0.4 is 4.73 Å². The number of nitrogens with zero attached hydrogens (tertiary/aromatic N) is 1. The molecule has 1 aromatic heterocycles. The average molecular weight is 266 g/mol. The smallest absolute Gasteiger partial charge is 0.406 e. The van der Waals surface area contributed by atoms with E-state index in [2.05, 4.69) is 0 Å². The molecule has 92 valence electrons. The average Bonchev–Trinajstić information content (AvgIpc) is 2.27. The first-order valence-corrected chi connectivity index (χ1v) is 5.32. The molecule has 0 fully saturated rings. The second-order valence-electron chi connectivity index (χ2n) is 3.60. The Labute approximate surface area is 107 Å². The Kier molecular flexibility index (Phi) is 3.08. The highest BCUT2D eigenvalue weighted by atomic mass is 35.5. The highest BCUT2D eigenvalue weighted by Crippen LogP contribution is 2.25. The number of pyridine rings is 1. The van der Waals surface area contributed by atoms with Crippen molar-refractivity contribution < 1.29 is 19.7 Å². The Hall–Kier alpha value is -2.27. The summed E-state index contributed by atoms with van der Waals surface area (Å²) in [7, 11) is 0. The van der Waals surface area contributed by atoms with E-state index in [0.29, 0.717) is 16.1 Å². The van der Waals surface area contributed by atoms with Crippen LogP contribution in [0.3, 0.4) is 0 Å². The van der Waals surface area contributed by atoms with Crippen LogP contribution in [0, 0.1) is 5.21 Å². The SMILES string of the molecule is O=C(O)c1c(O)cc(-c2cccc(Cl)c2)c[n+]1[O-]. The predicted molar refractivity (Wildman–Crippen MR) is 64.5 cm³/mol. The zero-order valence-corrected chi connectivity index (χ0v) is 9.76. The Morgan fingerprint density at radius 1 is 1.28 bits per heavy atom. The summed E-state index contributed by atoms with van der Waals surface area (Å²) in [4.78, 5) is 10.7. The van der Waals surface area contributed by atoms with Gasteiger partial charge in [0.25, 0.3) is 0 Å². The predicted octanol–water partition coefficient (Wildman–Crippen LogP) is 2.04. The van der Waals surface area contributed by atoms with Gasteiger partial charge in [0, 0.05) is 11.1 Å². The number of aromatic nitrogens is 1. The molecular formula is C12H8ClNO4. The van der Waals surface area contributed by atoms with Gasteiger partial charge < -0.3 is 15.4 Å². The molecule has 0 aliphatic carbocycles. The van der Waals surface area contributed by atoms with Crippen molar-refractivity contribution in [2.45, 2.75) is 0 Å². The van der Waals surface area contributed by atoms with Crippen molar-refractivity contribution in [3.8, 4) is 16.9 Å². The molecule has 1 heterocycles. The summed E-state index contributed by atoms with van der Waals surface area (Å²) in [5, 5.41) is 30.3. The van der Waals surface area contributed by atoms with E-state index >= 15 is 0 Å². The highest BCUT2D eigenvalue weighted by molar-refractivity contribution is 6.30. The van der Waals surface area contributed by atoms with Gasteiger partial charge in [-0.15, -0.1) is 0 Å². The topological polar surface area (TPSA) is 84.5 Å². The minimum Gasteiger partial charge on any atom is -0.618 e. The zero-order chi connectivity index (χ0) is 13.3. The fourth-order valence-corrected chi connectivity index (χ4v) is 1.78. The molecule has 0 aliphatic heterocycles. The lowest BCUT2D eigenvalue weighted by atomic mass is 10.1. The number of aromatic hydroxyl groups is 1. The molecule has 0 saturated heterocycles. The molecule has 0 bridgehead atoms. The summed E-state index contributed by atoms with van der Waals surface area (Å²) in [5.41, 5.74) is 0.287. The monoisotopic (exact) mass is 265 g/mol. The number of carboxylic acids is 1. The summed E-state index contributed by atoms with van der Waals surface area (Å²) >= 11 is 5.81. The van der Waals surface area contributed by atoms with E-state index in [1.54, 1.807) is 24.3 Å².